The van der Waals surface area contributed by atoms with E-state index in [0.29, 0.717) is 5.41 Å². The van der Waals surface area contributed by atoms with E-state index in [1.807, 2.05) is 0 Å². The lowest BCUT2D eigenvalue weighted by Crippen LogP contribution is -2.72. The van der Waals surface area contributed by atoms with Crippen LogP contribution in [-0.2, 0) is 0 Å². The van der Waals surface area contributed by atoms with Crippen molar-refractivity contribution in [3.05, 3.63) is 0 Å². The van der Waals surface area contributed by atoms with Crippen molar-refractivity contribution in [2.24, 2.45) is 11.3 Å². The van der Waals surface area contributed by atoms with Crippen LogP contribution in [0.15, 0.2) is 0 Å². The van der Waals surface area contributed by atoms with E-state index in [1.165, 1.54) is 52.1 Å². The van der Waals surface area contributed by atoms with Crippen molar-refractivity contribution >= 4 is 0 Å². The van der Waals surface area contributed by atoms with Crippen molar-refractivity contribution in [3.8, 4) is 0 Å². The summed E-state index contributed by atoms with van der Waals surface area (Å²) in [5, 5.41) is 0. The topological polar surface area (TPSA) is 9.72 Å². The SMILES string of the molecule is CC1(C)C2CCN(CC2)C(C)(C)C(C)(C)N2CCN(CC2)C1(C)C. The summed E-state index contributed by atoms with van der Waals surface area (Å²) >= 11 is 0. The molecular weight excluding hydrogens is 294 g/mol. The number of hydrogen-bond acceptors (Lipinski definition) is 3. The average molecular weight is 336 g/mol. The minimum Gasteiger partial charge on any atom is -0.296 e. The zero-order chi connectivity index (χ0) is 18.0. The minimum atomic E-state index is 0.213. The molecule has 0 amide bonds. The van der Waals surface area contributed by atoms with Crippen LogP contribution in [0.3, 0.4) is 0 Å². The van der Waals surface area contributed by atoms with Gasteiger partial charge in [0.25, 0.3) is 0 Å². The molecule has 24 heavy (non-hydrogen) atoms. The number of piperazine rings is 1. The molecular formula is C21H41N3. The standard InChI is InChI=1S/C21H41N3/c1-18(2)17-9-11-22(12-10-17)20(5,6)21(7,8)24-15-13-23(14-16-24)19(18,3)4/h17H,9-16H2,1-8H3. The fraction of sp³-hybridized carbons (Fsp3) is 1.00. The highest BCUT2D eigenvalue weighted by atomic mass is 15.4. The highest BCUT2D eigenvalue weighted by Gasteiger charge is 2.53. The van der Waals surface area contributed by atoms with E-state index >= 15 is 0 Å². The van der Waals surface area contributed by atoms with Crippen LogP contribution in [0.1, 0.15) is 68.2 Å². The molecule has 0 spiro atoms. The van der Waals surface area contributed by atoms with E-state index in [0.717, 1.165) is 5.92 Å². The van der Waals surface area contributed by atoms with Crippen molar-refractivity contribution < 1.29 is 0 Å². The van der Waals surface area contributed by atoms with Crippen molar-refractivity contribution in [2.75, 3.05) is 39.3 Å². The predicted octanol–water partition coefficient (Wildman–Crippen LogP) is 3.69. The summed E-state index contributed by atoms with van der Waals surface area (Å²) in [6.45, 7) is 27.4. The molecule has 140 valence electrons. The summed E-state index contributed by atoms with van der Waals surface area (Å²) < 4.78 is 0. The first-order valence-electron chi connectivity index (χ1n) is 10.2. The van der Waals surface area contributed by atoms with Gasteiger partial charge in [-0.05, 0) is 78.8 Å². The summed E-state index contributed by atoms with van der Waals surface area (Å²) in [5.74, 6) is 0.833. The van der Waals surface area contributed by atoms with Gasteiger partial charge in [0.2, 0.25) is 0 Å². The molecule has 0 aromatic rings. The van der Waals surface area contributed by atoms with Crippen LogP contribution < -0.4 is 0 Å². The van der Waals surface area contributed by atoms with Crippen LogP contribution in [0.5, 0.6) is 0 Å². The van der Waals surface area contributed by atoms with E-state index in [9.17, 15) is 0 Å². The van der Waals surface area contributed by atoms with Crippen LogP contribution in [0.4, 0.5) is 0 Å². The van der Waals surface area contributed by atoms with Crippen molar-refractivity contribution in [2.45, 2.75) is 84.8 Å². The Balaban J connectivity index is 2.01. The Morgan fingerprint density at radius 3 is 1.25 bits per heavy atom. The van der Waals surface area contributed by atoms with E-state index in [4.69, 9.17) is 0 Å². The van der Waals surface area contributed by atoms with E-state index in [2.05, 4.69) is 70.1 Å². The van der Waals surface area contributed by atoms with Gasteiger partial charge < -0.3 is 0 Å². The van der Waals surface area contributed by atoms with Crippen molar-refractivity contribution in [1.82, 2.24) is 14.7 Å². The van der Waals surface area contributed by atoms with E-state index in [1.54, 1.807) is 0 Å². The smallest absolute Gasteiger partial charge is 0.0332 e. The summed E-state index contributed by atoms with van der Waals surface area (Å²) in [5.41, 5.74) is 1.06. The Morgan fingerprint density at radius 2 is 0.833 bits per heavy atom. The Kier molecular flexibility index (Phi) is 4.42. The molecule has 3 nitrogen and oxygen atoms in total. The van der Waals surface area contributed by atoms with Gasteiger partial charge in [0, 0.05) is 42.8 Å². The molecule has 4 bridgehead atoms. The van der Waals surface area contributed by atoms with Crippen LogP contribution in [0, 0.1) is 11.3 Å². The zero-order valence-electron chi connectivity index (χ0n) is 17.6. The Hall–Kier alpha value is -0.120. The number of piperidine rings is 1. The predicted molar refractivity (Wildman–Crippen MR) is 103 cm³/mol. The Labute approximate surface area is 150 Å². The van der Waals surface area contributed by atoms with Gasteiger partial charge in [-0.2, -0.15) is 0 Å². The first-order valence-corrected chi connectivity index (χ1v) is 10.2. The fourth-order valence-corrected chi connectivity index (χ4v) is 5.67. The summed E-state index contributed by atoms with van der Waals surface area (Å²) in [7, 11) is 0. The Bertz CT molecular complexity index is 373. The minimum absolute atomic E-state index is 0.213. The molecule has 0 unspecified atom stereocenters. The van der Waals surface area contributed by atoms with Gasteiger partial charge in [0.1, 0.15) is 0 Å². The maximum absolute atomic E-state index is 2.79. The molecule has 6 aliphatic heterocycles. The third-order valence-electron chi connectivity index (χ3n) is 9.24. The van der Waals surface area contributed by atoms with Crippen molar-refractivity contribution in [3.63, 3.8) is 0 Å². The monoisotopic (exact) mass is 335 g/mol. The fourth-order valence-electron chi connectivity index (χ4n) is 5.67. The van der Waals surface area contributed by atoms with Crippen molar-refractivity contribution in [1.29, 1.82) is 0 Å². The third kappa shape index (κ3) is 2.49. The lowest BCUT2D eigenvalue weighted by atomic mass is 9.61. The highest BCUT2D eigenvalue weighted by Crippen LogP contribution is 2.48. The van der Waals surface area contributed by atoms with Crippen LogP contribution in [0.25, 0.3) is 0 Å². The van der Waals surface area contributed by atoms with Gasteiger partial charge >= 0.3 is 0 Å². The van der Waals surface area contributed by atoms with Crippen LogP contribution in [-0.4, -0.2) is 70.6 Å². The van der Waals surface area contributed by atoms with Gasteiger partial charge in [-0.1, -0.05) is 13.8 Å². The molecule has 0 aliphatic carbocycles. The maximum Gasteiger partial charge on any atom is 0.0332 e. The molecule has 0 N–H and O–H groups in total. The van der Waals surface area contributed by atoms with Gasteiger partial charge in [-0.25, -0.2) is 0 Å². The maximum atomic E-state index is 2.79. The normalized spacial score (nSPS) is 43.0. The van der Waals surface area contributed by atoms with E-state index in [-0.39, 0.29) is 16.6 Å². The molecule has 0 aromatic heterocycles. The quantitative estimate of drug-likeness (QED) is 0.668. The lowest BCUT2D eigenvalue weighted by molar-refractivity contribution is -0.123. The van der Waals surface area contributed by atoms with Gasteiger partial charge in [0.05, 0.1) is 0 Å². The molecule has 6 saturated heterocycles. The lowest BCUT2D eigenvalue weighted by Gasteiger charge is -2.62. The van der Waals surface area contributed by atoms with Gasteiger partial charge in [0.15, 0.2) is 0 Å². The molecule has 0 aromatic carbocycles. The molecule has 6 fully saturated rings. The molecule has 6 rings (SSSR count). The second kappa shape index (κ2) is 5.69. The first kappa shape index (κ1) is 18.7. The number of nitrogens with zero attached hydrogens (tertiary/aromatic N) is 3. The van der Waals surface area contributed by atoms with E-state index < -0.39 is 0 Å². The number of rotatable bonds is 0. The molecule has 0 atom stereocenters. The zero-order valence-corrected chi connectivity index (χ0v) is 17.6. The molecule has 6 aliphatic rings. The summed E-state index contributed by atoms with van der Waals surface area (Å²) in [4.78, 5) is 8.35. The summed E-state index contributed by atoms with van der Waals surface area (Å²) in [6, 6.07) is 0. The summed E-state index contributed by atoms with van der Waals surface area (Å²) in [6.07, 6.45) is 2.70. The third-order valence-corrected chi connectivity index (χ3v) is 9.24. The van der Waals surface area contributed by atoms with Gasteiger partial charge in [-0.15, -0.1) is 0 Å². The molecule has 3 heteroatoms. The second-order valence-electron chi connectivity index (χ2n) is 10.6. The molecule has 6 heterocycles. The number of hydrogen-bond donors (Lipinski definition) is 0. The van der Waals surface area contributed by atoms with Crippen LogP contribution >= 0.6 is 0 Å². The molecule has 0 radical (unpaired) electrons. The van der Waals surface area contributed by atoms with Crippen LogP contribution in [0.2, 0.25) is 0 Å². The average Bonchev–Trinajstić information content (AvgIpc) is 2.54. The van der Waals surface area contributed by atoms with Gasteiger partial charge in [-0.3, -0.25) is 14.7 Å². The largest absolute Gasteiger partial charge is 0.296 e. The highest BCUT2D eigenvalue weighted by molar-refractivity contribution is 5.08. The molecule has 0 saturated carbocycles. The second-order valence-corrected chi connectivity index (χ2v) is 10.6. The first-order chi connectivity index (χ1) is 10.9. The Morgan fingerprint density at radius 1 is 0.500 bits per heavy atom.